The van der Waals surface area contributed by atoms with E-state index in [0.29, 0.717) is 6.42 Å². The molecule has 5 amide bonds. The first kappa shape index (κ1) is 36.8. The molecule has 0 saturated carbocycles. The number of alkyl carbamates (subject to hydrolysis) is 1. The van der Waals surface area contributed by atoms with Crippen LogP contribution < -0.4 is 26.6 Å². The molecule has 0 spiro atoms. The van der Waals surface area contributed by atoms with Crippen LogP contribution in [-0.4, -0.2) is 86.9 Å². The molecule has 0 bridgehead atoms. The van der Waals surface area contributed by atoms with E-state index in [1.54, 1.807) is 30.3 Å². The van der Waals surface area contributed by atoms with E-state index >= 15 is 0 Å². The molecule has 0 aromatic heterocycles. The Hall–Kier alpha value is -4.20. The van der Waals surface area contributed by atoms with E-state index in [9.17, 15) is 28.8 Å². The minimum absolute atomic E-state index is 0.122. The number of carbonyl (C=O) groups excluding carboxylic acids is 6. The zero-order chi connectivity index (χ0) is 32.1. The van der Waals surface area contributed by atoms with Crippen molar-refractivity contribution in [2.75, 3.05) is 39.6 Å². The van der Waals surface area contributed by atoms with Gasteiger partial charge in [0.2, 0.25) is 23.6 Å². The SMILES string of the molecule is CCCCOC(=O)NCC(=O)NCC(=O)N[C@@H](Cc1ccccc1)C(=O)NCC(=O)NCOC(C)(C)C(=O)OCCCC. The van der Waals surface area contributed by atoms with Crippen molar-refractivity contribution in [1.82, 2.24) is 26.6 Å². The second-order valence-electron chi connectivity index (χ2n) is 10.0. The first-order valence-electron chi connectivity index (χ1n) is 14.3. The molecule has 14 nitrogen and oxygen atoms in total. The molecule has 1 atom stereocenters. The second-order valence-corrected chi connectivity index (χ2v) is 10.0. The maximum atomic E-state index is 12.9. The van der Waals surface area contributed by atoms with Crippen LogP contribution in [-0.2, 0) is 44.6 Å². The molecular formula is C29H45N5O9. The van der Waals surface area contributed by atoms with E-state index < -0.39 is 60.4 Å². The third kappa shape index (κ3) is 16.7. The Bertz CT molecular complexity index is 1050. The van der Waals surface area contributed by atoms with Crippen molar-refractivity contribution >= 4 is 35.7 Å². The van der Waals surface area contributed by atoms with Crippen LogP contribution in [0.15, 0.2) is 30.3 Å². The molecule has 0 heterocycles. The summed E-state index contributed by atoms with van der Waals surface area (Å²) in [5, 5.41) is 12.1. The number of amides is 5. The van der Waals surface area contributed by atoms with Gasteiger partial charge in [0.05, 0.1) is 26.3 Å². The fourth-order valence-corrected chi connectivity index (χ4v) is 3.25. The van der Waals surface area contributed by atoms with Gasteiger partial charge in [-0.25, -0.2) is 9.59 Å². The minimum atomic E-state index is -1.28. The smallest absolute Gasteiger partial charge is 0.407 e. The standard InChI is InChI=1S/C29H45N5O9/c1-5-7-14-41-27(39)29(3,4)43-20-33-24(36)17-31-26(38)22(16-21-12-10-9-11-13-21)34-25(37)19-30-23(35)18-32-28(40)42-15-8-6-2/h9-13,22H,5-8,14-20H2,1-4H3,(H,30,35)(H,31,38)(H,32,40)(H,33,36)(H,34,37)/t22-/m0/s1. The van der Waals surface area contributed by atoms with E-state index in [-0.39, 0.29) is 32.9 Å². The van der Waals surface area contributed by atoms with Crippen LogP contribution >= 0.6 is 0 Å². The third-order valence-electron chi connectivity index (χ3n) is 5.85. The van der Waals surface area contributed by atoms with Gasteiger partial charge < -0.3 is 40.8 Å². The minimum Gasteiger partial charge on any atom is -0.464 e. The fraction of sp³-hybridized carbons (Fsp3) is 0.586. The number of benzene rings is 1. The summed E-state index contributed by atoms with van der Waals surface area (Å²) in [7, 11) is 0. The number of unbranched alkanes of at least 4 members (excludes halogenated alkanes) is 2. The third-order valence-corrected chi connectivity index (χ3v) is 5.85. The van der Waals surface area contributed by atoms with Gasteiger partial charge in [-0.3, -0.25) is 19.2 Å². The van der Waals surface area contributed by atoms with Crippen molar-refractivity contribution in [3.05, 3.63) is 35.9 Å². The van der Waals surface area contributed by atoms with Crippen molar-refractivity contribution in [2.24, 2.45) is 0 Å². The maximum Gasteiger partial charge on any atom is 0.407 e. The van der Waals surface area contributed by atoms with E-state index in [1.165, 1.54) is 13.8 Å². The number of rotatable bonds is 20. The molecule has 0 fully saturated rings. The Balaban J connectivity index is 2.56. The van der Waals surface area contributed by atoms with Gasteiger partial charge in [0, 0.05) is 6.42 Å². The summed E-state index contributed by atoms with van der Waals surface area (Å²) in [6, 6.07) is 7.86. The van der Waals surface area contributed by atoms with Crippen molar-refractivity contribution in [3.63, 3.8) is 0 Å². The molecule has 0 aliphatic rings. The topological polar surface area (TPSA) is 190 Å². The van der Waals surface area contributed by atoms with E-state index in [2.05, 4.69) is 26.6 Å². The number of hydrogen-bond donors (Lipinski definition) is 5. The highest BCUT2D eigenvalue weighted by molar-refractivity contribution is 5.92. The largest absolute Gasteiger partial charge is 0.464 e. The molecule has 1 aromatic carbocycles. The quantitative estimate of drug-likeness (QED) is 0.0806. The number of ether oxygens (including phenoxy) is 3. The highest BCUT2D eigenvalue weighted by Gasteiger charge is 2.30. The summed E-state index contributed by atoms with van der Waals surface area (Å²) in [6.45, 7) is 5.93. The fourth-order valence-electron chi connectivity index (χ4n) is 3.25. The predicted molar refractivity (Wildman–Crippen MR) is 156 cm³/mol. The second kappa shape index (κ2) is 20.6. The van der Waals surface area contributed by atoms with Gasteiger partial charge in [-0.15, -0.1) is 0 Å². The van der Waals surface area contributed by atoms with Gasteiger partial charge in [0.15, 0.2) is 5.60 Å². The first-order valence-corrected chi connectivity index (χ1v) is 14.3. The highest BCUT2D eigenvalue weighted by atomic mass is 16.6. The molecule has 0 aliphatic heterocycles. The van der Waals surface area contributed by atoms with Gasteiger partial charge in [0.1, 0.15) is 19.3 Å². The molecule has 43 heavy (non-hydrogen) atoms. The molecule has 240 valence electrons. The summed E-state index contributed by atoms with van der Waals surface area (Å²) in [4.78, 5) is 73.4. The average Bonchev–Trinajstić information content (AvgIpc) is 2.98. The predicted octanol–water partition coefficient (Wildman–Crippen LogP) is 0.685. The summed E-state index contributed by atoms with van der Waals surface area (Å²) in [5.74, 6) is -3.04. The Morgan fingerprint density at radius 1 is 0.744 bits per heavy atom. The van der Waals surface area contributed by atoms with Crippen LogP contribution in [0.4, 0.5) is 4.79 Å². The number of esters is 1. The lowest BCUT2D eigenvalue weighted by molar-refractivity contribution is -0.169. The zero-order valence-electron chi connectivity index (χ0n) is 25.4. The maximum absolute atomic E-state index is 12.9. The van der Waals surface area contributed by atoms with E-state index in [4.69, 9.17) is 14.2 Å². The average molecular weight is 608 g/mol. The van der Waals surface area contributed by atoms with E-state index in [0.717, 1.165) is 24.8 Å². The van der Waals surface area contributed by atoms with Crippen molar-refractivity contribution in [3.8, 4) is 0 Å². The van der Waals surface area contributed by atoms with Crippen LogP contribution in [0.25, 0.3) is 0 Å². The zero-order valence-corrected chi connectivity index (χ0v) is 25.4. The van der Waals surface area contributed by atoms with Crippen molar-refractivity contribution in [2.45, 2.75) is 71.4 Å². The van der Waals surface area contributed by atoms with Crippen molar-refractivity contribution in [1.29, 1.82) is 0 Å². The Labute approximate surface area is 252 Å². The molecule has 0 saturated heterocycles. The van der Waals surface area contributed by atoms with Gasteiger partial charge in [-0.05, 0) is 32.3 Å². The summed E-state index contributed by atoms with van der Waals surface area (Å²) in [6.07, 6.45) is 2.54. The normalized spacial score (nSPS) is 11.4. The molecule has 1 aromatic rings. The Morgan fingerprint density at radius 2 is 1.33 bits per heavy atom. The highest BCUT2D eigenvalue weighted by Crippen LogP contribution is 2.11. The van der Waals surface area contributed by atoms with Crippen LogP contribution in [0, 0.1) is 0 Å². The molecule has 14 heteroatoms. The lowest BCUT2D eigenvalue weighted by atomic mass is 10.1. The van der Waals surface area contributed by atoms with Gasteiger partial charge in [-0.1, -0.05) is 57.0 Å². The molecule has 0 unspecified atom stereocenters. The Kier molecular flexibility index (Phi) is 17.7. The lowest BCUT2D eigenvalue weighted by Crippen LogP contribution is -2.52. The van der Waals surface area contributed by atoms with Crippen LogP contribution in [0.1, 0.15) is 58.9 Å². The monoisotopic (exact) mass is 607 g/mol. The van der Waals surface area contributed by atoms with Gasteiger partial charge >= 0.3 is 12.1 Å². The summed E-state index contributed by atoms with van der Waals surface area (Å²) >= 11 is 0. The first-order chi connectivity index (χ1) is 20.5. The van der Waals surface area contributed by atoms with Crippen LogP contribution in [0.5, 0.6) is 0 Å². The van der Waals surface area contributed by atoms with E-state index in [1.807, 2.05) is 13.8 Å². The molecule has 5 N–H and O–H groups in total. The number of hydrogen-bond acceptors (Lipinski definition) is 9. The number of carbonyl (C=O) groups is 6. The van der Waals surface area contributed by atoms with Gasteiger partial charge in [-0.2, -0.15) is 0 Å². The number of nitrogens with one attached hydrogen (secondary N) is 5. The molecule has 0 radical (unpaired) electrons. The van der Waals surface area contributed by atoms with Crippen LogP contribution in [0.3, 0.4) is 0 Å². The van der Waals surface area contributed by atoms with Crippen LogP contribution in [0.2, 0.25) is 0 Å². The Morgan fingerprint density at radius 3 is 1.98 bits per heavy atom. The molecular weight excluding hydrogens is 562 g/mol. The van der Waals surface area contributed by atoms with Gasteiger partial charge in [0.25, 0.3) is 0 Å². The lowest BCUT2D eigenvalue weighted by Gasteiger charge is -2.23. The molecule has 1 rings (SSSR count). The summed E-state index contributed by atoms with van der Waals surface area (Å²) < 4.78 is 15.5. The summed E-state index contributed by atoms with van der Waals surface area (Å²) in [5.41, 5.74) is -0.526. The van der Waals surface area contributed by atoms with Crippen molar-refractivity contribution < 1.29 is 43.0 Å². The molecule has 0 aliphatic carbocycles.